The third kappa shape index (κ3) is 5.74. The van der Waals surface area contributed by atoms with E-state index >= 15 is 0 Å². The van der Waals surface area contributed by atoms with Crippen LogP contribution in [0.25, 0.3) is 0 Å². The van der Waals surface area contributed by atoms with Gasteiger partial charge in [-0.2, -0.15) is 11.8 Å². The number of ether oxygens (including phenoxy) is 1. The number of hydrogen-bond donors (Lipinski definition) is 1. The summed E-state index contributed by atoms with van der Waals surface area (Å²) in [5.74, 6) is 3.02. The number of thioether (sulfide) groups is 1. The fourth-order valence-corrected chi connectivity index (χ4v) is 3.06. The zero-order valence-electron chi connectivity index (χ0n) is 13.1. The maximum Gasteiger partial charge on any atom is 0.119 e. The molecule has 0 unspecified atom stereocenters. The summed E-state index contributed by atoms with van der Waals surface area (Å²) >= 11 is 1.91. The molecule has 0 radical (unpaired) electrons. The lowest BCUT2D eigenvalue weighted by atomic mass is 10.1. The lowest BCUT2D eigenvalue weighted by Crippen LogP contribution is -1.99. The molecular weight excluding hydrogens is 292 g/mol. The van der Waals surface area contributed by atoms with Gasteiger partial charge >= 0.3 is 0 Å². The normalized spacial score (nSPS) is 10.6. The van der Waals surface area contributed by atoms with Gasteiger partial charge in [-0.1, -0.05) is 43.3 Å². The minimum absolute atomic E-state index is 0.114. The summed E-state index contributed by atoms with van der Waals surface area (Å²) in [6, 6.07) is 16.5. The Morgan fingerprint density at radius 1 is 1.00 bits per heavy atom. The van der Waals surface area contributed by atoms with Crippen molar-refractivity contribution in [1.82, 2.24) is 0 Å². The van der Waals surface area contributed by atoms with Crippen molar-refractivity contribution in [1.29, 1.82) is 0 Å². The molecule has 118 valence electrons. The number of benzene rings is 2. The third-order valence-corrected chi connectivity index (χ3v) is 4.59. The minimum atomic E-state index is 0.114. The van der Waals surface area contributed by atoms with Crippen LogP contribution < -0.4 is 4.74 Å². The molecule has 2 aromatic rings. The predicted octanol–water partition coefficient (Wildman–Crippen LogP) is 4.44. The molecule has 0 amide bonds. The average molecular weight is 316 g/mol. The first-order chi connectivity index (χ1) is 10.8. The lowest BCUT2D eigenvalue weighted by Gasteiger charge is -2.07. The van der Waals surface area contributed by atoms with Crippen molar-refractivity contribution in [2.24, 2.45) is 0 Å². The molecule has 0 saturated heterocycles. The zero-order chi connectivity index (χ0) is 15.6. The van der Waals surface area contributed by atoms with Crippen LogP contribution in [0.2, 0.25) is 0 Å². The summed E-state index contributed by atoms with van der Waals surface area (Å²) in [5, 5.41) is 9.12. The SMILES string of the molecule is CCc1ccc(OCCCSCc2cccc(CO)c2)cc1. The second-order valence-electron chi connectivity index (χ2n) is 5.23. The van der Waals surface area contributed by atoms with Crippen LogP contribution in [-0.4, -0.2) is 17.5 Å². The van der Waals surface area contributed by atoms with E-state index in [1.165, 1.54) is 11.1 Å². The molecule has 22 heavy (non-hydrogen) atoms. The van der Waals surface area contributed by atoms with E-state index < -0.39 is 0 Å². The fraction of sp³-hybridized carbons (Fsp3) is 0.368. The zero-order valence-corrected chi connectivity index (χ0v) is 13.9. The van der Waals surface area contributed by atoms with Gasteiger partial charge in [-0.15, -0.1) is 0 Å². The van der Waals surface area contributed by atoms with Crippen LogP contribution in [0.4, 0.5) is 0 Å². The quantitative estimate of drug-likeness (QED) is 0.693. The van der Waals surface area contributed by atoms with Crippen LogP contribution in [0, 0.1) is 0 Å². The molecule has 0 heterocycles. The van der Waals surface area contributed by atoms with E-state index in [4.69, 9.17) is 9.84 Å². The maximum absolute atomic E-state index is 9.12. The number of aryl methyl sites for hydroxylation is 1. The smallest absolute Gasteiger partial charge is 0.119 e. The highest BCUT2D eigenvalue weighted by Crippen LogP contribution is 2.16. The van der Waals surface area contributed by atoms with E-state index in [2.05, 4.69) is 31.2 Å². The summed E-state index contributed by atoms with van der Waals surface area (Å²) in [4.78, 5) is 0. The molecule has 0 aliphatic heterocycles. The number of hydrogen-bond acceptors (Lipinski definition) is 3. The Hall–Kier alpha value is -1.45. The van der Waals surface area contributed by atoms with E-state index in [0.717, 1.165) is 42.3 Å². The Morgan fingerprint density at radius 3 is 2.50 bits per heavy atom. The Balaban J connectivity index is 1.60. The highest BCUT2D eigenvalue weighted by Gasteiger charge is 1.98. The molecule has 0 aliphatic carbocycles. The van der Waals surface area contributed by atoms with Gasteiger partial charge < -0.3 is 9.84 Å². The Bertz CT molecular complexity index is 552. The van der Waals surface area contributed by atoms with E-state index in [1.807, 2.05) is 36.0 Å². The molecule has 0 saturated carbocycles. The number of aliphatic hydroxyl groups is 1. The molecule has 0 aromatic heterocycles. The molecule has 3 heteroatoms. The van der Waals surface area contributed by atoms with Crippen molar-refractivity contribution in [3.05, 3.63) is 65.2 Å². The van der Waals surface area contributed by atoms with Gasteiger partial charge in [0.1, 0.15) is 5.75 Å². The van der Waals surface area contributed by atoms with E-state index in [-0.39, 0.29) is 6.61 Å². The fourth-order valence-electron chi connectivity index (χ4n) is 2.18. The largest absolute Gasteiger partial charge is 0.494 e. The second-order valence-corrected chi connectivity index (χ2v) is 6.34. The first-order valence-corrected chi connectivity index (χ1v) is 8.95. The van der Waals surface area contributed by atoms with Crippen LogP contribution in [0.3, 0.4) is 0 Å². The molecule has 2 nitrogen and oxygen atoms in total. The molecule has 0 aliphatic rings. The number of aliphatic hydroxyl groups excluding tert-OH is 1. The Labute approximate surface area is 137 Å². The van der Waals surface area contributed by atoms with Crippen molar-refractivity contribution in [3.8, 4) is 5.75 Å². The van der Waals surface area contributed by atoms with Gasteiger partial charge in [0.25, 0.3) is 0 Å². The van der Waals surface area contributed by atoms with Crippen molar-refractivity contribution >= 4 is 11.8 Å². The summed E-state index contributed by atoms with van der Waals surface area (Å²) in [7, 11) is 0. The average Bonchev–Trinajstić information content (AvgIpc) is 2.58. The molecule has 0 fully saturated rings. The molecular formula is C19H24O2S. The molecule has 2 aromatic carbocycles. The summed E-state index contributed by atoms with van der Waals surface area (Å²) in [6.45, 7) is 3.03. The monoisotopic (exact) mass is 316 g/mol. The van der Waals surface area contributed by atoms with Gasteiger partial charge in [0.15, 0.2) is 0 Å². The van der Waals surface area contributed by atoms with Crippen LogP contribution in [0.15, 0.2) is 48.5 Å². The van der Waals surface area contributed by atoms with Gasteiger partial charge in [-0.25, -0.2) is 0 Å². The highest BCUT2D eigenvalue weighted by molar-refractivity contribution is 7.98. The second kappa shape index (κ2) is 9.54. The van der Waals surface area contributed by atoms with Crippen LogP contribution >= 0.6 is 11.8 Å². The van der Waals surface area contributed by atoms with Crippen LogP contribution in [-0.2, 0) is 18.8 Å². The van der Waals surface area contributed by atoms with Crippen molar-refractivity contribution in [2.75, 3.05) is 12.4 Å². The van der Waals surface area contributed by atoms with Gasteiger partial charge in [-0.05, 0) is 47.4 Å². The van der Waals surface area contributed by atoms with Crippen LogP contribution in [0.1, 0.15) is 30.0 Å². The molecule has 0 atom stereocenters. The van der Waals surface area contributed by atoms with Gasteiger partial charge in [0.05, 0.1) is 13.2 Å². The molecule has 1 N–H and O–H groups in total. The third-order valence-electron chi connectivity index (χ3n) is 3.48. The number of rotatable bonds is 9. The van der Waals surface area contributed by atoms with Crippen LogP contribution in [0.5, 0.6) is 5.75 Å². The molecule has 2 rings (SSSR count). The standard InChI is InChI=1S/C19H24O2S/c1-2-16-7-9-19(10-8-16)21-11-4-12-22-15-18-6-3-5-17(13-18)14-20/h3,5-10,13,20H,2,4,11-12,14-15H2,1H3. The van der Waals surface area contributed by atoms with Gasteiger partial charge in [0.2, 0.25) is 0 Å². The van der Waals surface area contributed by atoms with Crippen molar-refractivity contribution in [3.63, 3.8) is 0 Å². The van der Waals surface area contributed by atoms with Gasteiger partial charge in [-0.3, -0.25) is 0 Å². The van der Waals surface area contributed by atoms with Crippen molar-refractivity contribution in [2.45, 2.75) is 32.1 Å². The van der Waals surface area contributed by atoms with E-state index in [0.29, 0.717) is 0 Å². The minimum Gasteiger partial charge on any atom is -0.494 e. The highest BCUT2D eigenvalue weighted by atomic mass is 32.2. The summed E-state index contributed by atoms with van der Waals surface area (Å²) in [6.07, 6.45) is 2.11. The van der Waals surface area contributed by atoms with E-state index in [1.54, 1.807) is 0 Å². The predicted molar refractivity (Wildman–Crippen MR) is 94.5 cm³/mol. The first kappa shape index (κ1) is 16.9. The topological polar surface area (TPSA) is 29.5 Å². The van der Waals surface area contributed by atoms with E-state index in [9.17, 15) is 0 Å². The van der Waals surface area contributed by atoms with Crippen molar-refractivity contribution < 1.29 is 9.84 Å². The summed E-state index contributed by atoms with van der Waals surface area (Å²) < 4.78 is 5.75. The molecule has 0 bridgehead atoms. The lowest BCUT2D eigenvalue weighted by molar-refractivity contribution is 0.282. The summed E-state index contributed by atoms with van der Waals surface area (Å²) in [5.41, 5.74) is 3.59. The molecule has 0 spiro atoms. The maximum atomic E-state index is 9.12. The first-order valence-electron chi connectivity index (χ1n) is 7.80. The Kier molecular flexibility index (Phi) is 7.34. The Morgan fingerprint density at radius 2 is 1.77 bits per heavy atom. The van der Waals surface area contributed by atoms with Gasteiger partial charge in [0, 0.05) is 5.75 Å².